The number of carboxylic acid groups (broad SMARTS) is 1. The number of carbonyl (C=O) groups excluding carboxylic acids is 1. The number of aliphatic carboxylic acids is 1. The number of carbonyl (C=O) groups is 2. The SMILES string of the molecule is NCCCC(NC(=O)c1ccc(NC[C@H]2CNc3nc(N)[nH]c(=O)c3C2)cc1)C(=O)O. The number of aromatic amines is 1. The van der Waals surface area contributed by atoms with Crippen molar-refractivity contribution in [1.29, 1.82) is 0 Å². The number of amides is 1. The zero-order chi connectivity index (χ0) is 22.4. The average molecular weight is 429 g/mol. The topological polar surface area (TPSA) is 188 Å². The summed E-state index contributed by atoms with van der Waals surface area (Å²) in [6, 6.07) is 5.80. The van der Waals surface area contributed by atoms with Gasteiger partial charge in [-0.3, -0.25) is 14.6 Å². The number of aromatic nitrogens is 2. The summed E-state index contributed by atoms with van der Waals surface area (Å²) in [6.45, 7) is 1.62. The van der Waals surface area contributed by atoms with E-state index in [1.54, 1.807) is 24.3 Å². The lowest BCUT2D eigenvalue weighted by Crippen LogP contribution is -2.41. The van der Waals surface area contributed by atoms with Gasteiger partial charge in [-0.2, -0.15) is 4.98 Å². The number of nitrogens with two attached hydrogens (primary N) is 2. The van der Waals surface area contributed by atoms with Gasteiger partial charge in [-0.05, 0) is 56.0 Å². The summed E-state index contributed by atoms with van der Waals surface area (Å²) in [7, 11) is 0. The van der Waals surface area contributed by atoms with Gasteiger partial charge in [-0.1, -0.05) is 0 Å². The van der Waals surface area contributed by atoms with E-state index in [0.717, 1.165) is 5.69 Å². The molecule has 166 valence electrons. The molecule has 1 aliphatic rings. The summed E-state index contributed by atoms with van der Waals surface area (Å²) in [5.74, 6) is -0.750. The second-order valence-corrected chi connectivity index (χ2v) is 7.48. The van der Waals surface area contributed by atoms with Crippen LogP contribution in [0.15, 0.2) is 29.1 Å². The van der Waals surface area contributed by atoms with Gasteiger partial charge in [0.2, 0.25) is 5.95 Å². The molecule has 1 aromatic heterocycles. The fourth-order valence-electron chi connectivity index (χ4n) is 3.42. The Labute approximate surface area is 178 Å². The molecule has 2 aromatic rings. The second kappa shape index (κ2) is 9.94. The molecule has 11 nitrogen and oxygen atoms in total. The van der Waals surface area contributed by atoms with Crippen molar-refractivity contribution in [2.75, 3.05) is 36.0 Å². The third-order valence-electron chi connectivity index (χ3n) is 5.13. The van der Waals surface area contributed by atoms with Gasteiger partial charge < -0.3 is 32.5 Å². The largest absolute Gasteiger partial charge is 0.480 e. The van der Waals surface area contributed by atoms with Crippen molar-refractivity contribution in [3.63, 3.8) is 0 Å². The molecule has 2 heterocycles. The highest BCUT2D eigenvalue weighted by atomic mass is 16.4. The van der Waals surface area contributed by atoms with Crippen LogP contribution in [0.5, 0.6) is 0 Å². The van der Waals surface area contributed by atoms with E-state index >= 15 is 0 Å². The summed E-state index contributed by atoms with van der Waals surface area (Å²) >= 11 is 0. The highest BCUT2D eigenvalue weighted by Crippen LogP contribution is 2.20. The molecule has 31 heavy (non-hydrogen) atoms. The number of nitrogens with one attached hydrogen (secondary N) is 4. The predicted octanol–water partition coefficient (Wildman–Crippen LogP) is -0.0297. The Morgan fingerprint density at radius 1 is 1.29 bits per heavy atom. The van der Waals surface area contributed by atoms with E-state index in [1.807, 2.05) is 0 Å². The van der Waals surface area contributed by atoms with Crippen LogP contribution in [-0.4, -0.2) is 52.6 Å². The molecule has 0 spiro atoms. The molecule has 3 rings (SSSR count). The quantitative estimate of drug-likeness (QED) is 0.287. The number of anilines is 3. The number of nitrogen functional groups attached to an aromatic ring is 1. The van der Waals surface area contributed by atoms with E-state index < -0.39 is 17.9 Å². The van der Waals surface area contributed by atoms with E-state index in [4.69, 9.17) is 11.5 Å². The van der Waals surface area contributed by atoms with Crippen LogP contribution in [0.25, 0.3) is 0 Å². The number of hydrogen-bond donors (Lipinski definition) is 7. The Morgan fingerprint density at radius 3 is 2.71 bits per heavy atom. The van der Waals surface area contributed by atoms with Crippen LogP contribution in [0.3, 0.4) is 0 Å². The number of nitrogens with zero attached hydrogens (tertiary/aromatic N) is 1. The molecule has 0 radical (unpaired) electrons. The normalized spacial score (nSPS) is 16.0. The Bertz CT molecular complexity index is 990. The maximum absolute atomic E-state index is 12.3. The van der Waals surface area contributed by atoms with E-state index in [0.29, 0.717) is 49.4 Å². The van der Waals surface area contributed by atoms with Crippen LogP contribution in [-0.2, 0) is 11.2 Å². The number of H-pyrrole nitrogens is 1. The summed E-state index contributed by atoms with van der Waals surface area (Å²) in [6.07, 6.45) is 1.36. The zero-order valence-electron chi connectivity index (χ0n) is 17.0. The van der Waals surface area contributed by atoms with Crippen molar-refractivity contribution in [2.24, 2.45) is 11.7 Å². The first-order chi connectivity index (χ1) is 14.9. The molecule has 2 atom stereocenters. The molecule has 0 saturated carbocycles. The Balaban J connectivity index is 1.54. The van der Waals surface area contributed by atoms with Crippen LogP contribution in [0.2, 0.25) is 0 Å². The van der Waals surface area contributed by atoms with Crippen LogP contribution >= 0.6 is 0 Å². The summed E-state index contributed by atoms with van der Waals surface area (Å²) in [5, 5.41) is 18.2. The molecular weight excluding hydrogens is 402 g/mol. The van der Waals surface area contributed by atoms with Gasteiger partial charge in [0.05, 0.1) is 5.56 Å². The Morgan fingerprint density at radius 2 is 2.03 bits per heavy atom. The Hall–Kier alpha value is -3.60. The van der Waals surface area contributed by atoms with Gasteiger partial charge in [-0.15, -0.1) is 0 Å². The molecule has 0 aliphatic carbocycles. The van der Waals surface area contributed by atoms with Gasteiger partial charge in [0, 0.05) is 24.3 Å². The first-order valence-corrected chi connectivity index (χ1v) is 10.1. The van der Waals surface area contributed by atoms with Crippen molar-refractivity contribution in [3.05, 3.63) is 45.7 Å². The van der Waals surface area contributed by atoms with Crippen LogP contribution in [0, 0.1) is 5.92 Å². The second-order valence-electron chi connectivity index (χ2n) is 7.48. The molecule has 1 unspecified atom stereocenters. The molecule has 0 bridgehead atoms. The average Bonchev–Trinajstić information content (AvgIpc) is 2.75. The van der Waals surface area contributed by atoms with Gasteiger partial charge in [-0.25, -0.2) is 4.79 Å². The fraction of sp³-hybridized carbons (Fsp3) is 0.400. The van der Waals surface area contributed by atoms with Crippen molar-refractivity contribution < 1.29 is 14.7 Å². The lowest BCUT2D eigenvalue weighted by molar-refractivity contribution is -0.139. The standard InChI is InChI=1S/C20H27N7O4/c21-7-1-2-15(19(30)31)25-17(28)12-3-5-13(6-4-12)23-9-11-8-14-16(24-10-11)26-20(22)27-18(14)29/h3-6,11,15,23H,1-2,7-10,21H2,(H,25,28)(H,30,31)(H4,22,24,26,27,29)/t11-,15?/m0/s1. The maximum atomic E-state index is 12.3. The fourth-order valence-corrected chi connectivity index (χ4v) is 3.42. The highest BCUT2D eigenvalue weighted by molar-refractivity contribution is 5.96. The van der Waals surface area contributed by atoms with Gasteiger partial charge in [0.15, 0.2) is 0 Å². The molecular formula is C20H27N7O4. The summed E-state index contributed by atoms with van der Waals surface area (Å²) < 4.78 is 0. The number of benzene rings is 1. The van der Waals surface area contributed by atoms with Crippen LogP contribution in [0.1, 0.15) is 28.8 Å². The van der Waals surface area contributed by atoms with E-state index in [1.165, 1.54) is 0 Å². The smallest absolute Gasteiger partial charge is 0.326 e. The van der Waals surface area contributed by atoms with Crippen LogP contribution in [0.4, 0.5) is 17.5 Å². The lowest BCUT2D eigenvalue weighted by atomic mass is 9.96. The molecule has 1 aromatic carbocycles. The maximum Gasteiger partial charge on any atom is 0.326 e. The highest BCUT2D eigenvalue weighted by Gasteiger charge is 2.23. The first kappa shape index (κ1) is 22.1. The number of hydrogen-bond acceptors (Lipinski definition) is 8. The van der Waals surface area contributed by atoms with Crippen molar-refractivity contribution in [1.82, 2.24) is 15.3 Å². The van der Waals surface area contributed by atoms with Crippen LogP contribution < -0.4 is 33.0 Å². The van der Waals surface area contributed by atoms with Gasteiger partial charge >= 0.3 is 5.97 Å². The monoisotopic (exact) mass is 429 g/mol. The third-order valence-corrected chi connectivity index (χ3v) is 5.13. The zero-order valence-corrected chi connectivity index (χ0v) is 17.0. The minimum absolute atomic E-state index is 0.0889. The lowest BCUT2D eigenvalue weighted by Gasteiger charge is -2.25. The van der Waals surface area contributed by atoms with Crippen molar-refractivity contribution in [3.8, 4) is 0 Å². The molecule has 9 N–H and O–H groups in total. The van der Waals surface area contributed by atoms with Crippen molar-refractivity contribution >= 4 is 29.3 Å². The molecule has 0 saturated heterocycles. The number of carboxylic acids is 1. The van der Waals surface area contributed by atoms with Gasteiger partial charge in [0.1, 0.15) is 11.9 Å². The number of fused-ring (bicyclic) bond motifs is 1. The minimum atomic E-state index is -1.08. The van der Waals surface area contributed by atoms with Crippen molar-refractivity contribution in [2.45, 2.75) is 25.3 Å². The third kappa shape index (κ3) is 5.72. The van der Waals surface area contributed by atoms with Gasteiger partial charge in [0.25, 0.3) is 11.5 Å². The predicted molar refractivity (Wildman–Crippen MR) is 117 cm³/mol. The molecule has 0 fully saturated rings. The minimum Gasteiger partial charge on any atom is -0.480 e. The van der Waals surface area contributed by atoms with E-state index in [2.05, 4.69) is 25.9 Å². The molecule has 11 heteroatoms. The van der Waals surface area contributed by atoms with E-state index in [9.17, 15) is 19.5 Å². The molecule has 1 aliphatic heterocycles. The Kier molecular flexibility index (Phi) is 7.08. The number of rotatable bonds is 9. The summed E-state index contributed by atoms with van der Waals surface area (Å²) in [5.41, 5.74) is 12.5. The first-order valence-electron chi connectivity index (χ1n) is 10.1. The summed E-state index contributed by atoms with van der Waals surface area (Å²) in [4.78, 5) is 42.3. The van der Waals surface area contributed by atoms with E-state index in [-0.39, 0.29) is 23.8 Å². The molecule has 1 amide bonds.